The number of nitrogens with two attached hydrogens (primary N) is 1. The first kappa shape index (κ1) is 13.2. The van der Waals surface area contributed by atoms with Crippen LogP contribution in [0.3, 0.4) is 0 Å². The van der Waals surface area contributed by atoms with Crippen molar-refractivity contribution < 1.29 is 23.6 Å². The molecule has 0 radical (unpaired) electrons. The largest absolute Gasteiger partial charge is 0.507 e. The van der Waals surface area contributed by atoms with Gasteiger partial charge >= 0.3 is 0 Å². The van der Waals surface area contributed by atoms with Crippen molar-refractivity contribution >= 4 is 26.6 Å². The molecule has 0 heterocycles. The number of phenolic OH excluding ortho intramolecular Hbond substituents is 1. The zero-order chi connectivity index (χ0) is 11.9. The highest BCUT2D eigenvalue weighted by Crippen LogP contribution is 2.29. The predicted octanol–water partition coefficient (Wildman–Crippen LogP) is 0.550. The molecule has 0 aliphatic heterocycles. The zero-order valence-corrected chi connectivity index (χ0v) is 9.40. The maximum absolute atomic E-state index is 10.9. The third kappa shape index (κ3) is 2.47. The van der Waals surface area contributed by atoms with E-state index in [1.807, 2.05) is 0 Å². The number of phenols is 1. The van der Waals surface area contributed by atoms with Gasteiger partial charge in [-0.15, -0.1) is 0 Å². The van der Waals surface area contributed by atoms with Crippen LogP contribution in [-0.2, 0) is 10.1 Å². The molecular formula is C10H11NO5S. The molecule has 0 atom stereocenters. The van der Waals surface area contributed by atoms with Gasteiger partial charge < -0.3 is 16.3 Å². The van der Waals surface area contributed by atoms with E-state index in [0.29, 0.717) is 16.5 Å². The Morgan fingerprint density at radius 1 is 1.12 bits per heavy atom. The monoisotopic (exact) mass is 257 g/mol. The van der Waals surface area contributed by atoms with E-state index in [0.717, 1.165) is 6.07 Å². The van der Waals surface area contributed by atoms with Gasteiger partial charge in [-0.05, 0) is 29.7 Å². The predicted molar refractivity (Wildman–Crippen MR) is 63.5 cm³/mol. The van der Waals surface area contributed by atoms with Crippen molar-refractivity contribution in [2.24, 2.45) is 0 Å². The van der Waals surface area contributed by atoms with Gasteiger partial charge in [0, 0.05) is 17.1 Å². The van der Waals surface area contributed by atoms with E-state index < -0.39 is 10.1 Å². The molecule has 0 bridgehead atoms. The van der Waals surface area contributed by atoms with Crippen molar-refractivity contribution in [1.29, 1.82) is 0 Å². The highest BCUT2D eigenvalue weighted by atomic mass is 32.2. The van der Waals surface area contributed by atoms with Crippen LogP contribution in [0.2, 0.25) is 0 Å². The van der Waals surface area contributed by atoms with Crippen LogP contribution in [0.25, 0.3) is 10.8 Å². The Morgan fingerprint density at radius 3 is 2.35 bits per heavy atom. The SMILES string of the molecule is Nc1ccc2c(O)cc(S(=O)(=O)O)cc2c1.O. The van der Waals surface area contributed by atoms with Crippen LogP contribution in [0.15, 0.2) is 35.2 Å². The summed E-state index contributed by atoms with van der Waals surface area (Å²) < 4.78 is 30.7. The van der Waals surface area contributed by atoms with E-state index in [2.05, 4.69) is 0 Å². The Hall–Kier alpha value is -1.83. The molecule has 2 aromatic rings. The molecule has 0 aromatic heterocycles. The Balaban J connectivity index is 0.00000144. The molecule has 2 aromatic carbocycles. The second-order valence-corrected chi connectivity index (χ2v) is 4.82. The maximum atomic E-state index is 10.9. The smallest absolute Gasteiger partial charge is 0.294 e. The number of hydrogen-bond acceptors (Lipinski definition) is 4. The van der Waals surface area contributed by atoms with Crippen LogP contribution in [0.1, 0.15) is 0 Å². The van der Waals surface area contributed by atoms with Gasteiger partial charge in [-0.2, -0.15) is 8.42 Å². The van der Waals surface area contributed by atoms with Crippen LogP contribution in [-0.4, -0.2) is 23.6 Å². The quantitative estimate of drug-likeness (QED) is 0.507. The first-order valence-corrected chi connectivity index (χ1v) is 5.82. The Kier molecular flexibility index (Phi) is 3.28. The number of hydrogen-bond donors (Lipinski definition) is 3. The van der Waals surface area contributed by atoms with Crippen molar-refractivity contribution in [2.75, 3.05) is 5.73 Å². The number of aromatic hydroxyl groups is 1. The number of anilines is 1. The molecular weight excluding hydrogens is 246 g/mol. The molecule has 17 heavy (non-hydrogen) atoms. The molecule has 0 spiro atoms. The minimum Gasteiger partial charge on any atom is -0.507 e. The van der Waals surface area contributed by atoms with Crippen molar-refractivity contribution in [3.05, 3.63) is 30.3 Å². The average molecular weight is 257 g/mol. The molecule has 92 valence electrons. The van der Waals surface area contributed by atoms with E-state index in [1.165, 1.54) is 12.1 Å². The van der Waals surface area contributed by atoms with E-state index in [9.17, 15) is 13.5 Å². The third-order valence-electron chi connectivity index (χ3n) is 2.23. The van der Waals surface area contributed by atoms with Gasteiger partial charge in [0.1, 0.15) is 5.75 Å². The van der Waals surface area contributed by atoms with Gasteiger partial charge in [-0.1, -0.05) is 0 Å². The van der Waals surface area contributed by atoms with Crippen molar-refractivity contribution in [1.82, 2.24) is 0 Å². The van der Waals surface area contributed by atoms with Gasteiger partial charge in [0.2, 0.25) is 0 Å². The summed E-state index contributed by atoms with van der Waals surface area (Å²) >= 11 is 0. The van der Waals surface area contributed by atoms with Crippen LogP contribution in [0, 0.1) is 0 Å². The Morgan fingerprint density at radius 2 is 1.76 bits per heavy atom. The van der Waals surface area contributed by atoms with Gasteiger partial charge in [-0.25, -0.2) is 0 Å². The fraction of sp³-hybridized carbons (Fsp3) is 0. The fourth-order valence-corrected chi connectivity index (χ4v) is 2.03. The number of benzene rings is 2. The minimum atomic E-state index is -4.33. The molecule has 0 amide bonds. The topological polar surface area (TPSA) is 132 Å². The van der Waals surface area contributed by atoms with Crippen LogP contribution >= 0.6 is 0 Å². The lowest BCUT2D eigenvalue weighted by Gasteiger charge is -2.04. The molecule has 0 unspecified atom stereocenters. The summed E-state index contributed by atoms with van der Waals surface area (Å²) in [5.41, 5.74) is 5.98. The van der Waals surface area contributed by atoms with Crippen molar-refractivity contribution in [3.8, 4) is 5.75 Å². The summed E-state index contributed by atoms with van der Waals surface area (Å²) in [5, 5.41) is 10.5. The Labute approximate surface area is 97.4 Å². The summed E-state index contributed by atoms with van der Waals surface area (Å²) in [6, 6.07) is 6.93. The second kappa shape index (κ2) is 4.21. The normalized spacial score (nSPS) is 11.1. The van der Waals surface area contributed by atoms with E-state index in [-0.39, 0.29) is 16.1 Å². The highest BCUT2D eigenvalue weighted by Gasteiger charge is 2.13. The maximum Gasteiger partial charge on any atom is 0.294 e. The molecule has 0 saturated carbocycles. The van der Waals surface area contributed by atoms with Gasteiger partial charge in [-0.3, -0.25) is 4.55 Å². The van der Waals surface area contributed by atoms with Gasteiger partial charge in [0.05, 0.1) is 4.90 Å². The summed E-state index contributed by atoms with van der Waals surface area (Å²) in [5.74, 6) is -0.217. The van der Waals surface area contributed by atoms with Gasteiger partial charge in [0.15, 0.2) is 0 Å². The Bertz CT molecular complexity index is 666. The number of fused-ring (bicyclic) bond motifs is 1. The standard InChI is InChI=1S/C10H9NO4S.H2O/c11-7-1-2-9-6(3-7)4-8(5-10(9)12)16(13,14)15;/h1-5,12H,11H2,(H,13,14,15);1H2. The van der Waals surface area contributed by atoms with Gasteiger partial charge in [0.25, 0.3) is 10.1 Å². The van der Waals surface area contributed by atoms with Crippen molar-refractivity contribution in [2.45, 2.75) is 4.90 Å². The molecule has 0 aliphatic carbocycles. The molecule has 7 heteroatoms. The lowest BCUT2D eigenvalue weighted by molar-refractivity contribution is 0.471. The minimum absolute atomic E-state index is 0. The van der Waals surface area contributed by atoms with Crippen molar-refractivity contribution in [3.63, 3.8) is 0 Å². The zero-order valence-electron chi connectivity index (χ0n) is 8.58. The first-order valence-electron chi connectivity index (χ1n) is 4.38. The molecule has 0 aliphatic rings. The van der Waals surface area contributed by atoms with E-state index >= 15 is 0 Å². The molecule has 0 fully saturated rings. The van der Waals surface area contributed by atoms with Crippen LogP contribution < -0.4 is 5.73 Å². The first-order chi connectivity index (χ1) is 7.38. The lowest BCUT2D eigenvalue weighted by atomic mass is 10.1. The summed E-state index contributed by atoms with van der Waals surface area (Å²) in [6.45, 7) is 0. The summed E-state index contributed by atoms with van der Waals surface area (Å²) in [4.78, 5) is -0.358. The molecule has 2 rings (SSSR count). The third-order valence-corrected chi connectivity index (χ3v) is 3.06. The molecule has 6 N–H and O–H groups in total. The highest BCUT2D eigenvalue weighted by molar-refractivity contribution is 7.85. The average Bonchev–Trinajstić information content (AvgIpc) is 2.15. The number of nitrogen functional groups attached to an aromatic ring is 1. The lowest BCUT2D eigenvalue weighted by Crippen LogP contribution is -1.97. The molecule has 6 nitrogen and oxygen atoms in total. The van der Waals surface area contributed by atoms with Crippen LogP contribution in [0.5, 0.6) is 5.75 Å². The number of rotatable bonds is 1. The molecule has 0 saturated heterocycles. The van der Waals surface area contributed by atoms with Crippen LogP contribution in [0.4, 0.5) is 5.69 Å². The summed E-state index contributed by atoms with van der Waals surface area (Å²) in [7, 11) is -4.33. The van der Waals surface area contributed by atoms with E-state index in [4.69, 9.17) is 10.3 Å². The second-order valence-electron chi connectivity index (χ2n) is 3.40. The fourth-order valence-electron chi connectivity index (χ4n) is 1.49. The van der Waals surface area contributed by atoms with E-state index in [1.54, 1.807) is 12.1 Å². The summed E-state index contributed by atoms with van der Waals surface area (Å²) in [6.07, 6.45) is 0.